The van der Waals surface area contributed by atoms with E-state index in [1.54, 1.807) is 18.2 Å². The van der Waals surface area contributed by atoms with E-state index in [4.69, 9.17) is 28.9 Å². The van der Waals surface area contributed by atoms with Gasteiger partial charge < -0.3 is 11.1 Å². The number of halogens is 3. The Labute approximate surface area is 125 Å². The molecule has 0 aromatic heterocycles. The van der Waals surface area contributed by atoms with Gasteiger partial charge >= 0.3 is 0 Å². The van der Waals surface area contributed by atoms with E-state index in [0.717, 1.165) is 0 Å². The first-order valence-corrected chi connectivity index (χ1v) is 6.50. The maximum Gasteiger partial charge on any atom is 0.248 e. The van der Waals surface area contributed by atoms with Crippen LogP contribution in [0.15, 0.2) is 36.4 Å². The number of carbonyl (C=O) groups excluding carboxylic acids is 1. The van der Waals surface area contributed by atoms with Crippen LogP contribution >= 0.6 is 23.2 Å². The summed E-state index contributed by atoms with van der Waals surface area (Å²) in [6.07, 6.45) is 0. The average molecular weight is 313 g/mol. The topological polar surface area (TPSA) is 55.1 Å². The number of hydrogen-bond donors (Lipinski definition) is 2. The van der Waals surface area contributed by atoms with Gasteiger partial charge in [0.15, 0.2) is 0 Å². The van der Waals surface area contributed by atoms with Crippen molar-refractivity contribution in [2.45, 2.75) is 6.54 Å². The largest absolute Gasteiger partial charge is 0.381 e. The summed E-state index contributed by atoms with van der Waals surface area (Å²) in [5, 5.41) is 3.85. The number of nitrogens with two attached hydrogens (primary N) is 1. The highest BCUT2D eigenvalue weighted by Crippen LogP contribution is 2.25. The first-order valence-electron chi connectivity index (χ1n) is 5.74. The van der Waals surface area contributed by atoms with Gasteiger partial charge in [0.1, 0.15) is 5.82 Å². The predicted molar refractivity (Wildman–Crippen MR) is 78.7 cm³/mol. The highest BCUT2D eigenvalue weighted by atomic mass is 35.5. The Bertz CT molecular complexity index is 662. The zero-order chi connectivity index (χ0) is 14.7. The Morgan fingerprint density at radius 2 is 1.90 bits per heavy atom. The van der Waals surface area contributed by atoms with Gasteiger partial charge in [-0.2, -0.15) is 0 Å². The quantitative estimate of drug-likeness (QED) is 0.901. The van der Waals surface area contributed by atoms with Gasteiger partial charge in [-0.1, -0.05) is 23.2 Å². The number of amides is 1. The molecule has 0 atom stereocenters. The molecule has 0 aliphatic carbocycles. The molecule has 3 N–H and O–H groups in total. The molecule has 0 aliphatic rings. The molecule has 0 heterocycles. The van der Waals surface area contributed by atoms with Gasteiger partial charge in [0.25, 0.3) is 0 Å². The molecular formula is C14H11Cl2FN2O. The molecule has 0 bridgehead atoms. The maximum atomic E-state index is 13.6. The van der Waals surface area contributed by atoms with Gasteiger partial charge in [0.2, 0.25) is 5.91 Å². The number of carbonyl (C=O) groups is 1. The summed E-state index contributed by atoms with van der Waals surface area (Å²) in [5.41, 5.74) is 6.46. The highest BCUT2D eigenvalue weighted by Gasteiger charge is 2.07. The van der Waals surface area contributed by atoms with Crippen LogP contribution in [0, 0.1) is 5.82 Å². The second-order valence-electron chi connectivity index (χ2n) is 4.15. The lowest BCUT2D eigenvalue weighted by atomic mass is 10.1. The minimum Gasteiger partial charge on any atom is -0.381 e. The molecule has 104 valence electrons. The standard InChI is InChI=1S/C14H11Cl2FN2O/c15-11-3-2-10(6-12(11)16)19-7-9-5-8(14(18)20)1-4-13(9)17/h1-6,19H,7H2,(H2,18,20). The van der Waals surface area contributed by atoms with Gasteiger partial charge in [-0.3, -0.25) is 4.79 Å². The number of primary amides is 1. The minimum absolute atomic E-state index is 0.199. The van der Waals surface area contributed by atoms with Crippen molar-refractivity contribution in [1.82, 2.24) is 0 Å². The van der Waals surface area contributed by atoms with Gasteiger partial charge in [0, 0.05) is 23.4 Å². The summed E-state index contributed by atoms with van der Waals surface area (Å²) in [7, 11) is 0. The van der Waals surface area contributed by atoms with Gasteiger partial charge in [0.05, 0.1) is 10.0 Å². The van der Waals surface area contributed by atoms with E-state index >= 15 is 0 Å². The van der Waals surface area contributed by atoms with Crippen LogP contribution in [0.2, 0.25) is 10.0 Å². The third-order valence-corrected chi connectivity index (χ3v) is 3.47. The van der Waals surface area contributed by atoms with Crippen molar-refractivity contribution in [3.05, 3.63) is 63.4 Å². The zero-order valence-electron chi connectivity index (χ0n) is 10.3. The van der Waals surface area contributed by atoms with E-state index in [1.165, 1.54) is 18.2 Å². The number of benzene rings is 2. The van der Waals surface area contributed by atoms with Crippen molar-refractivity contribution in [3.8, 4) is 0 Å². The molecule has 0 spiro atoms. The van der Waals surface area contributed by atoms with E-state index in [2.05, 4.69) is 5.32 Å². The summed E-state index contributed by atoms with van der Waals surface area (Å²) >= 11 is 11.7. The molecule has 0 saturated heterocycles. The van der Waals surface area contributed by atoms with E-state index in [-0.39, 0.29) is 12.1 Å². The van der Waals surface area contributed by atoms with Crippen molar-refractivity contribution >= 4 is 34.8 Å². The molecule has 1 amide bonds. The first kappa shape index (κ1) is 14.6. The second-order valence-corrected chi connectivity index (χ2v) is 4.97. The lowest BCUT2D eigenvalue weighted by molar-refractivity contribution is 0.1000. The Morgan fingerprint density at radius 1 is 1.15 bits per heavy atom. The minimum atomic E-state index is -0.596. The zero-order valence-corrected chi connectivity index (χ0v) is 11.8. The lowest BCUT2D eigenvalue weighted by Crippen LogP contribution is -2.12. The summed E-state index contributed by atoms with van der Waals surface area (Å²) < 4.78 is 13.6. The number of nitrogens with one attached hydrogen (secondary N) is 1. The van der Waals surface area contributed by atoms with Crippen LogP contribution in [0.25, 0.3) is 0 Å². The van der Waals surface area contributed by atoms with Crippen molar-refractivity contribution in [3.63, 3.8) is 0 Å². The SMILES string of the molecule is NC(=O)c1ccc(F)c(CNc2ccc(Cl)c(Cl)c2)c1. The number of rotatable bonds is 4. The van der Waals surface area contributed by atoms with Crippen LogP contribution in [0.1, 0.15) is 15.9 Å². The molecule has 6 heteroatoms. The Hall–Kier alpha value is -1.78. The van der Waals surface area contributed by atoms with E-state index in [1.807, 2.05) is 0 Å². The van der Waals surface area contributed by atoms with E-state index in [9.17, 15) is 9.18 Å². The third kappa shape index (κ3) is 3.40. The molecule has 2 aromatic carbocycles. The molecule has 0 aliphatic heterocycles. The predicted octanol–water partition coefficient (Wildman–Crippen LogP) is 3.84. The molecule has 0 fully saturated rings. The summed E-state index contributed by atoms with van der Waals surface area (Å²) in [6.45, 7) is 0.199. The smallest absolute Gasteiger partial charge is 0.248 e. The van der Waals surface area contributed by atoms with Crippen LogP contribution in [-0.4, -0.2) is 5.91 Å². The summed E-state index contributed by atoms with van der Waals surface area (Å²) in [4.78, 5) is 11.1. The molecule has 0 radical (unpaired) electrons. The van der Waals surface area contributed by atoms with Crippen molar-refractivity contribution in [1.29, 1.82) is 0 Å². The number of hydrogen-bond acceptors (Lipinski definition) is 2. The van der Waals surface area contributed by atoms with Gasteiger partial charge in [-0.05, 0) is 36.4 Å². The van der Waals surface area contributed by atoms with Crippen LogP contribution in [0.4, 0.5) is 10.1 Å². The second kappa shape index (κ2) is 6.11. The fourth-order valence-corrected chi connectivity index (χ4v) is 1.96. The monoisotopic (exact) mass is 312 g/mol. The van der Waals surface area contributed by atoms with E-state index in [0.29, 0.717) is 21.3 Å². The Balaban J connectivity index is 2.15. The normalized spacial score (nSPS) is 10.3. The summed E-state index contributed by atoms with van der Waals surface area (Å²) in [5.74, 6) is -1.01. The van der Waals surface area contributed by atoms with E-state index < -0.39 is 11.7 Å². The van der Waals surface area contributed by atoms with Crippen LogP contribution in [0.3, 0.4) is 0 Å². The molecule has 20 heavy (non-hydrogen) atoms. The molecule has 0 unspecified atom stereocenters. The average Bonchev–Trinajstić information content (AvgIpc) is 2.41. The molecule has 0 saturated carbocycles. The van der Waals surface area contributed by atoms with Crippen molar-refractivity contribution in [2.75, 3.05) is 5.32 Å². The molecule has 2 aromatic rings. The van der Waals surface area contributed by atoms with Crippen LogP contribution in [0.5, 0.6) is 0 Å². The molecule has 3 nitrogen and oxygen atoms in total. The van der Waals surface area contributed by atoms with Crippen molar-refractivity contribution in [2.24, 2.45) is 5.73 Å². The fraction of sp³-hybridized carbons (Fsp3) is 0.0714. The maximum absolute atomic E-state index is 13.6. The molecular weight excluding hydrogens is 302 g/mol. The first-order chi connectivity index (χ1) is 9.47. The highest BCUT2D eigenvalue weighted by molar-refractivity contribution is 6.42. The van der Waals surface area contributed by atoms with Gasteiger partial charge in [-0.25, -0.2) is 4.39 Å². The summed E-state index contributed by atoms with van der Waals surface area (Å²) in [6, 6.07) is 8.99. The van der Waals surface area contributed by atoms with Crippen molar-refractivity contribution < 1.29 is 9.18 Å². The lowest BCUT2D eigenvalue weighted by Gasteiger charge is -2.09. The molecule has 2 rings (SSSR count). The number of anilines is 1. The third-order valence-electron chi connectivity index (χ3n) is 2.73. The Kier molecular flexibility index (Phi) is 4.47. The van der Waals surface area contributed by atoms with Gasteiger partial charge in [-0.15, -0.1) is 0 Å². The fourth-order valence-electron chi connectivity index (χ4n) is 1.67. The Morgan fingerprint density at radius 3 is 2.55 bits per heavy atom. The van der Waals surface area contributed by atoms with Crippen LogP contribution < -0.4 is 11.1 Å². The van der Waals surface area contributed by atoms with Crippen LogP contribution in [-0.2, 0) is 6.54 Å².